The van der Waals surface area contributed by atoms with Crippen molar-refractivity contribution < 1.29 is 14.5 Å². The number of nitrogen functional groups attached to an aromatic ring is 1. The number of hydrogen-bond acceptors (Lipinski definition) is 7. The maximum Gasteiger partial charge on any atom is 0.311 e. The van der Waals surface area contributed by atoms with Crippen LogP contribution in [0, 0.1) is 10.1 Å². The van der Waals surface area contributed by atoms with E-state index in [0.717, 1.165) is 0 Å². The summed E-state index contributed by atoms with van der Waals surface area (Å²) in [5.74, 6) is -0.209. The predicted octanol–water partition coefficient (Wildman–Crippen LogP) is 0.547. The van der Waals surface area contributed by atoms with Gasteiger partial charge < -0.3 is 15.8 Å². The van der Waals surface area contributed by atoms with Gasteiger partial charge in [-0.15, -0.1) is 0 Å². The van der Waals surface area contributed by atoms with Crippen LogP contribution in [-0.2, 0) is 9.53 Å². The number of carbonyl (C=O) groups is 1. The van der Waals surface area contributed by atoms with Gasteiger partial charge in [-0.05, 0) is 6.07 Å². The third-order valence-corrected chi connectivity index (χ3v) is 1.94. The maximum atomic E-state index is 10.8. The molecule has 0 saturated heterocycles. The highest BCUT2D eigenvalue weighted by Gasteiger charge is 2.15. The minimum Gasteiger partial charge on any atom is -0.469 e. The van der Waals surface area contributed by atoms with Crippen LogP contribution < -0.4 is 11.1 Å². The Morgan fingerprint density at radius 1 is 1.65 bits per heavy atom. The molecule has 0 spiro atoms. The molecule has 0 aliphatic rings. The van der Waals surface area contributed by atoms with Crippen LogP contribution in [0.25, 0.3) is 0 Å². The van der Waals surface area contributed by atoms with Gasteiger partial charge in [0, 0.05) is 12.6 Å². The molecule has 0 amide bonds. The molecule has 1 rings (SSSR count). The first-order chi connectivity index (χ1) is 8.04. The number of esters is 1. The molecule has 1 aromatic rings. The van der Waals surface area contributed by atoms with Crippen molar-refractivity contribution in [2.24, 2.45) is 0 Å². The largest absolute Gasteiger partial charge is 0.469 e. The summed E-state index contributed by atoms with van der Waals surface area (Å²) < 4.78 is 4.43. The van der Waals surface area contributed by atoms with Crippen LogP contribution in [0.2, 0.25) is 0 Å². The number of pyridine rings is 1. The third-order valence-electron chi connectivity index (χ3n) is 1.94. The van der Waals surface area contributed by atoms with Crippen LogP contribution in [0.4, 0.5) is 17.3 Å². The van der Waals surface area contributed by atoms with Gasteiger partial charge in [0.2, 0.25) is 5.82 Å². The Labute approximate surface area is 96.9 Å². The highest BCUT2D eigenvalue weighted by Crippen LogP contribution is 2.22. The fourth-order valence-corrected chi connectivity index (χ4v) is 1.13. The lowest BCUT2D eigenvalue weighted by molar-refractivity contribution is -0.384. The van der Waals surface area contributed by atoms with Gasteiger partial charge in [-0.25, -0.2) is 4.98 Å². The van der Waals surface area contributed by atoms with Gasteiger partial charge in [-0.2, -0.15) is 0 Å². The van der Waals surface area contributed by atoms with E-state index in [1.807, 2.05) is 0 Å². The van der Waals surface area contributed by atoms with Crippen molar-refractivity contribution in [2.45, 2.75) is 6.42 Å². The zero-order chi connectivity index (χ0) is 12.8. The topological polar surface area (TPSA) is 120 Å². The Hall–Kier alpha value is -2.38. The van der Waals surface area contributed by atoms with Crippen molar-refractivity contribution in [2.75, 3.05) is 24.7 Å². The molecule has 17 heavy (non-hydrogen) atoms. The molecule has 8 heteroatoms. The normalized spacial score (nSPS) is 9.71. The summed E-state index contributed by atoms with van der Waals surface area (Å²) in [5.41, 5.74) is 5.23. The van der Waals surface area contributed by atoms with Gasteiger partial charge in [0.25, 0.3) is 0 Å². The van der Waals surface area contributed by atoms with E-state index >= 15 is 0 Å². The minimum atomic E-state index is -0.576. The fraction of sp³-hybridized carbons (Fsp3) is 0.333. The van der Waals surface area contributed by atoms with Crippen LogP contribution in [-0.4, -0.2) is 29.5 Å². The van der Waals surface area contributed by atoms with E-state index in [0.29, 0.717) is 0 Å². The van der Waals surface area contributed by atoms with E-state index in [2.05, 4.69) is 15.0 Å². The summed E-state index contributed by atoms with van der Waals surface area (Å²) in [6, 6.07) is 2.59. The van der Waals surface area contributed by atoms with Crippen molar-refractivity contribution in [3.8, 4) is 0 Å². The van der Waals surface area contributed by atoms with Gasteiger partial charge in [0.1, 0.15) is 5.82 Å². The van der Waals surface area contributed by atoms with Crippen LogP contribution in [0.15, 0.2) is 12.1 Å². The van der Waals surface area contributed by atoms with Crippen molar-refractivity contribution >= 4 is 23.3 Å². The standard InChI is InChI=1S/C9H12N4O4/c1-17-8(14)4-5-11-9-6(13(15)16)2-3-7(10)12-9/h2-3H,4-5H2,1H3,(H3,10,11,12). The smallest absolute Gasteiger partial charge is 0.311 e. The number of nitro groups is 1. The van der Waals surface area contributed by atoms with Gasteiger partial charge in [-0.3, -0.25) is 14.9 Å². The lowest BCUT2D eigenvalue weighted by Gasteiger charge is -2.05. The Morgan fingerprint density at radius 2 is 2.35 bits per heavy atom. The van der Waals surface area contributed by atoms with Crippen molar-refractivity contribution in [3.05, 3.63) is 22.2 Å². The second-order valence-corrected chi connectivity index (χ2v) is 3.11. The molecule has 0 radical (unpaired) electrons. The van der Waals surface area contributed by atoms with Gasteiger partial charge in [0.05, 0.1) is 18.5 Å². The number of ether oxygens (including phenoxy) is 1. The average molecular weight is 240 g/mol. The lowest BCUT2D eigenvalue weighted by Crippen LogP contribution is -2.12. The van der Waals surface area contributed by atoms with Crippen LogP contribution in [0.1, 0.15) is 6.42 Å². The second kappa shape index (κ2) is 5.64. The number of anilines is 2. The Bertz CT molecular complexity index is 435. The molecule has 1 heterocycles. The van der Waals surface area contributed by atoms with Gasteiger partial charge >= 0.3 is 11.7 Å². The molecule has 0 aliphatic heterocycles. The predicted molar refractivity (Wildman–Crippen MR) is 60.4 cm³/mol. The van der Waals surface area contributed by atoms with E-state index in [1.165, 1.54) is 19.2 Å². The summed E-state index contributed by atoms with van der Waals surface area (Å²) >= 11 is 0. The van der Waals surface area contributed by atoms with Gasteiger partial charge in [0.15, 0.2) is 0 Å². The van der Waals surface area contributed by atoms with E-state index < -0.39 is 10.9 Å². The quantitative estimate of drug-likeness (QED) is 0.438. The van der Waals surface area contributed by atoms with Crippen molar-refractivity contribution in [1.82, 2.24) is 4.98 Å². The van der Waals surface area contributed by atoms with E-state index in [4.69, 9.17) is 5.73 Å². The number of aromatic nitrogens is 1. The molecule has 92 valence electrons. The Kier molecular flexibility index (Phi) is 4.21. The van der Waals surface area contributed by atoms with E-state index in [9.17, 15) is 14.9 Å². The highest BCUT2D eigenvalue weighted by atomic mass is 16.6. The van der Waals surface area contributed by atoms with Crippen LogP contribution in [0.3, 0.4) is 0 Å². The molecule has 0 fully saturated rings. The molecule has 0 aromatic carbocycles. The molecule has 0 atom stereocenters. The average Bonchev–Trinajstić information content (AvgIpc) is 2.28. The summed E-state index contributed by atoms with van der Waals surface area (Å²) in [7, 11) is 1.27. The maximum absolute atomic E-state index is 10.8. The molecule has 0 bridgehead atoms. The number of hydrogen-bond donors (Lipinski definition) is 2. The monoisotopic (exact) mass is 240 g/mol. The summed E-state index contributed by atoms with van der Waals surface area (Å²) in [6.45, 7) is 0.184. The number of rotatable bonds is 5. The van der Waals surface area contributed by atoms with Gasteiger partial charge in [-0.1, -0.05) is 0 Å². The first-order valence-electron chi connectivity index (χ1n) is 4.76. The number of methoxy groups -OCH3 is 1. The highest BCUT2D eigenvalue weighted by molar-refractivity contribution is 5.70. The molecule has 8 nitrogen and oxygen atoms in total. The second-order valence-electron chi connectivity index (χ2n) is 3.11. The lowest BCUT2D eigenvalue weighted by atomic mass is 10.3. The first-order valence-corrected chi connectivity index (χ1v) is 4.76. The summed E-state index contributed by atoms with van der Waals surface area (Å²) in [5, 5.41) is 13.3. The molecular weight excluding hydrogens is 228 g/mol. The summed E-state index contributed by atoms with van der Waals surface area (Å²) in [6.07, 6.45) is 0.0874. The Morgan fingerprint density at radius 3 is 2.94 bits per heavy atom. The van der Waals surface area contributed by atoms with E-state index in [-0.39, 0.29) is 30.3 Å². The molecule has 0 unspecified atom stereocenters. The molecular formula is C9H12N4O4. The Balaban J connectivity index is 2.72. The molecule has 0 saturated carbocycles. The minimum absolute atomic E-state index is 0.0407. The van der Waals surface area contributed by atoms with Crippen LogP contribution in [0.5, 0.6) is 0 Å². The molecule has 0 aliphatic carbocycles. The zero-order valence-electron chi connectivity index (χ0n) is 9.17. The first kappa shape index (κ1) is 12.7. The van der Waals surface area contributed by atoms with Crippen molar-refractivity contribution in [1.29, 1.82) is 0 Å². The molecule has 3 N–H and O–H groups in total. The summed E-state index contributed by atoms with van der Waals surface area (Å²) in [4.78, 5) is 24.7. The third kappa shape index (κ3) is 3.59. The zero-order valence-corrected chi connectivity index (χ0v) is 9.17. The number of nitrogens with one attached hydrogen (secondary N) is 1. The number of nitrogens with zero attached hydrogens (tertiary/aromatic N) is 2. The van der Waals surface area contributed by atoms with Crippen molar-refractivity contribution in [3.63, 3.8) is 0 Å². The number of carbonyl (C=O) groups excluding carboxylic acids is 1. The van der Waals surface area contributed by atoms with E-state index in [1.54, 1.807) is 0 Å². The SMILES string of the molecule is COC(=O)CCNc1nc(N)ccc1[N+](=O)[O-]. The molecule has 1 aromatic heterocycles. The number of nitrogens with two attached hydrogens (primary N) is 1. The van der Waals surface area contributed by atoms with Crippen LogP contribution >= 0.6 is 0 Å². The fourth-order valence-electron chi connectivity index (χ4n) is 1.13.